The van der Waals surface area contributed by atoms with E-state index in [4.69, 9.17) is 19.2 Å². The lowest BCUT2D eigenvalue weighted by Gasteiger charge is -2.24. The number of fused-ring (bicyclic) bond motifs is 2. The lowest BCUT2D eigenvalue weighted by atomic mass is 9.96. The van der Waals surface area contributed by atoms with Crippen LogP contribution in [0, 0.1) is 0 Å². The van der Waals surface area contributed by atoms with Crippen molar-refractivity contribution >= 4 is 66.0 Å². The minimum Gasteiger partial charge on any atom is -0.494 e. The molecular weight excluding hydrogens is 732 g/mol. The third-order valence-electron chi connectivity index (χ3n) is 7.60. The highest BCUT2D eigenvalue weighted by atomic mass is 79.9. The SMILES string of the molecule is CCOC(=O)C1=C(C)N=c2s/c(=C\c3cc(Br)cc(Br)c3OCc3cccc4ccccc34)c(=O)n2[C@@H]1c1ccc(OCC)cc1. The fraction of sp³-hybridized carbons (Fsp3) is 0.194. The molecule has 0 unspecified atom stereocenters. The number of carbonyl (C=O) groups excluding carboxylic acids is 1. The topological polar surface area (TPSA) is 79.1 Å². The van der Waals surface area contributed by atoms with E-state index in [-0.39, 0.29) is 12.2 Å². The Morgan fingerprint density at radius 1 is 0.978 bits per heavy atom. The molecule has 0 amide bonds. The van der Waals surface area contributed by atoms with Gasteiger partial charge in [0.2, 0.25) is 0 Å². The van der Waals surface area contributed by atoms with E-state index in [1.165, 1.54) is 11.3 Å². The number of hydrogen-bond acceptors (Lipinski definition) is 7. The van der Waals surface area contributed by atoms with Crippen molar-refractivity contribution in [3.05, 3.63) is 135 Å². The highest BCUT2D eigenvalue weighted by Crippen LogP contribution is 2.35. The van der Waals surface area contributed by atoms with Gasteiger partial charge in [-0.2, -0.15) is 0 Å². The predicted molar refractivity (Wildman–Crippen MR) is 188 cm³/mol. The summed E-state index contributed by atoms with van der Waals surface area (Å²) < 4.78 is 21.1. The molecule has 1 aliphatic rings. The Labute approximate surface area is 286 Å². The predicted octanol–water partition coefficient (Wildman–Crippen LogP) is 7.45. The van der Waals surface area contributed by atoms with Crippen LogP contribution in [0.5, 0.6) is 11.5 Å². The molecule has 1 atom stereocenters. The van der Waals surface area contributed by atoms with E-state index < -0.39 is 12.0 Å². The van der Waals surface area contributed by atoms with E-state index in [1.54, 1.807) is 18.4 Å². The molecule has 46 heavy (non-hydrogen) atoms. The molecule has 0 spiro atoms. The second-order valence-electron chi connectivity index (χ2n) is 10.5. The summed E-state index contributed by atoms with van der Waals surface area (Å²) in [6.45, 7) is 6.52. The molecule has 10 heteroatoms. The maximum atomic E-state index is 14.2. The van der Waals surface area contributed by atoms with Gasteiger partial charge in [0.15, 0.2) is 4.80 Å². The van der Waals surface area contributed by atoms with Crippen LogP contribution in [0.4, 0.5) is 0 Å². The molecule has 0 N–H and O–H groups in total. The third kappa shape index (κ3) is 6.34. The van der Waals surface area contributed by atoms with Gasteiger partial charge < -0.3 is 14.2 Å². The van der Waals surface area contributed by atoms with Crippen molar-refractivity contribution in [1.82, 2.24) is 4.57 Å². The van der Waals surface area contributed by atoms with E-state index in [0.717, 1.165) is 30.8 Å². The number of allylic oxidation sites excluding steroid dienone is 1. The summed E-state index contributed by atoms with van der Waals surface area (Å²) in [5.41, 5.74) is 3.08. The van der Waals surface area contributed by atoms with Gasteiger partial charge >= 0.3 is 5.97 Å². The van der Waals surface area contributed by atoms with Crippen molar-refractivity contribution in [2.45, 2.75) is 33.4 Å². The molecule has 5 aromatic rings. The van der Waals surface area contributed by atoms with Gasteiger partial charge in [-0.3, -0.25) is 9.36 Å². The van der Waals surface area contributed by atoms with E-state index in [0.29, 0.717) is 50.9 Å². The largest absolute Gasteiger partial charge is 0.494 e. The zero-order valence-corrected chi connectivity index (χ0v) is 29.4. The fourth-order valence-electron chi connectivity index (χ4n) is 5.57. The second-order valence-corrected chi connectivity index (χ2v) is 13.3. The van der Waals surface area contributed by atoms with Gasteiger partial charge in [-0.05, 0) is 88.9 Å². The minimum absolute atomic E-state index is 0.204. The summed E-state index contributed by atoms with van der Waals surface area (Å²) in [6.07, 6.45) is 1.82. The Morgan fingerprint density at radius 3 is 2.50 bits per heavy atom. The Bertz CT molecular complexity index is 2160. The number of carbonyl (C=O) groups is 1. The van der Waals surface area contributed by atoms with Crippen LogP contribution in [0.2, 0.25) is 0 Å². The molecular formula is C36H30Br2N2O5S. The maximum Gasteiger partial charge on any atom is 0.338 e. The summed E-state index contributed by atoms with van der Waals surface area (Å²) in [6, 6.07) is 24.9. The van der Waals surface area contributed by atoms with Crippen LogP contribution in [-0.2, 0) is 16.1 Å². The Kier molecular flexibility index (Phi) is 9.58. The normalized spacial score (nSPS) is 14.6. The standard InChI is InChI=1S/C36H30Br2N2O5S/c1-4-43-27-15-13-23(14-16-27)32-31(35(42)44-5-2)21(3)39-36-40(32)34(41)30(46-36)18-25-17-26(37)19-29(38)33(25)45-20-24-11-8-10-22-9-6-7-12-28(22)24/h6-19,32H,4-5,20H2,1-3H3/b30-18-/t32-/m1/s1. The molecule has 0 saturated heterocycles. The van der Waals surface area contributed by atoms with E-state index in [9.17, 15) is 9.59 Å². The van der Waals surface area contributed by atoms with E-state index in [1.807, 2.05) is 67.6 Å². The van der Waals surface area contributed by atoms with Crippen LogP contribution in [-0.4, -0.2) is 23.8 Å². The van der Waals surface area contributed by atoms with Crippen molar-refractivity contribution in [3.8, 4) is 11.5 Å². The quantitative estimate of drug-likeness (QED) is 0.146. The van der Waals surface area contributed by atoms with Crippen molar-refractivity contribution in [1.29, 1.82) is 0 Å². The molecule has 1 aliphatic heterocycles. The third-order valence-corrected chi connectivity index (χ3v) is 9.63. The summed E-state index contributed by atoms with van der Waals surface area (Å²) in [7, 11) is 0. The number of ether oxygens (including phenoxy) is 3. The highest BCUT2D eigenvalue weighted by molar-refractivity contribution is 9.11. The van der Waals surface area contributed by atoms with Crippen LogP contribution in [0.1, 0.15) is 43.5 Å². The first-order valence-corrected chi connectivity index (χ1v) is 17.2. The van der Waals surface area contributed by atoms with Gasteiger partial charge in [-0.1, -0.05) is 81.9 Å². The zero-order chi connectivity index (χ0) is 32.4. The van der Waals surface area contributed by atoms with Crippen LogP contribution >= 0.6 is 43.2 Å². The Morgan fingerprint density at radius 2 is 1.74 bits per heavy atom. The Hall–Kier alpha value is -3.99. The molecule has 2 heterocycles. The summed E-state index contributed by atoms with van der Waals surface area (Å²) >= 11 is 8.53. The van der Waals surface area contributed by atoms with Crippen molar-refractivity contribution in [2.75, 3.05) is 13.2 Å². The van der Waals surface area contributed by atoms with Gasteiger partial charge in [0.05, 0.1) is 39.5 Å². The Balaban J connectivity index is 1.45. The molecule has 0 bridgehead atoms. The van der Waals surface area contributed by atoms with Crippen molar-refractivity contribution < 1.29 is 19.0 Å². The van der Waals surface area contributed by atoms with Crippen molar-refractivity contribution in [3.63, 3.8) is 0 Å². The highest BCUT2D eigenvalue weighted by Gasteiger charge is 2.33. The number of halogens is 2. The van der Waals surface area contributed by atoms with E-state index in [2.05, 4.69) is 56.1 Å². The lowest BCUT2D eigenvalue weighted by molar-refractivity contribution is -0.139. The van der Waals surface area contributed by atoms with Crippen LogP contribution in [0.25, 0.3) is 16.8 Å². The molecule has 0 radical (unpaired) electrons. The number of nitrogens with zero attached hydrogens (tertiary/aromatic N) is 2. The number of hydrogen-bond donors (Lipinski definition) is 0. The van der Waals surface area contributed by atoms with Crippen LogP contribution < -0.4 is 24.4 Å². The molecule has 6 rings (SSSR count). The monoisotopic (exact) mass is 760 g/mol. The first-order chi connectivity index (χ1) is 22.3. The summed E-state index contributed by atoms with van der Waals surface area (Å²) in [5.74, 6) is 0.804. The van der Waals surface area contributed by atoms with Crippen LogP contribution in [0.15, 0.2) is 109 Å². The zero-order valence-electron chi connectivity index (χ0n) is 25.4. The van der Waals surface area contributed by atoms with Gasteiger partial charge in [-0.15, -0.1) is 0 Å². The first-order valence-electron chi connectivity index (χ1n) is 14.8. The van der Waals surface area contributed by atoms with E-state index >= 15 is 0 Å². The smallest absolute Gasteiger partial charge is 0.338 e. The molecule has 1 aromatic heterocycles. The molecule has 0 saturated carbocycles. The molecule has 234 valence electrons. The number of thiazole rings is 1. The fourth-order valence-corrected chi connectivity index (χ4v) is 7.98. The maximum absolute atomic E-state index is 14.2. The summed E-state index contributed by atoms with van der Waals surface area (Å²) in [4.78, 5) is 32.7. The van der Waals surface area contributed by atoms with Crippen molar-refractivity contribution in [2.24, 2.45) is 4.99 Å². The summed E-state index contributed by atoms with van der Waals surface area (Å²) in [5, 5.41) is 2.26. The van der Waals surface area contributed by atoms with Gasteiger partial charge in [0.25, 0.3) is 5.56 Å². The van der Waals surface area contributed by atoms with Gasteiger partial charge in [0.1, 0.15) is 18.1 Å². The van der Waals surface area contributed by atoms with Gasteiger partial charge in [0, 0.05) is 10.0 Å². The average molecular weight is 763 g/mol. The second kappa shape index (κ2) is 13.8. The number of rotatable bonds is 9. The average Bonchev–Trinajstić information content (AvgIpc) is 3.34. The van der Waals surface area contributed by atoms with Gasteiger partial charge in [-0.25, -0.2) is 9.79 Å². The van der Waals surface area contributed by atoms with Crippen LogP contribution in [0.3, 0.4) is 0 Å². The molecule has 4 aromatic carbocycles. The molecule has 0 aliphatic carbocycles. The minimum atomic E-state index is -0.718. The number of benzene rings is 4. The molecule has 0 fully saturated rings. The lowest BCUT2D eigenvalue weighted by Crippen LogP contribution is -2.39. The number of aromatic nitrogens is 1. The first kappa shape index (κ1) is 32.0. The molecule has 7 nitrogen and oxygen atoms in total. The number of esters is 1.